The number of benzene rings is 2. The number of fused-ring (bicyclic) bond motifs is 1. The van der Waals surface area contributed by atoms with Crippen molar-refractivity contribution in [2.75, 3.05) is 0 Å². The normalized spacial score (nSPS) is 10.7. The Labute approximate surface area is 109 Å². The predicted octanol–water partition coefficient (Wildman–Crippen LogP) is 2.60. The van der Waals surface area contributed by atoms with Crippen molar-refractivity contribution < 1.29 is 19.8 Å². The molecule has 94 valence electrons. The van der Waals surface area contributed by atoms with E-state index in [1.165, 1.54) is 6.08 Å². The van der Waals surface area contributed by atoms with Gasteiger partial charge in [0.1, 0.15) is 6.08 Å². The molecule has 0 atom stereocenters. The zero-order valence-electron chi connectivity index (χ0n) is 9.91. The smallest absolute Gasteiger partial charge is 0.429 e. The summed E-state index contributed by atoms with van der Waals surface area (Å²) >= 11 is 0. The van der Waals surface area contributed by atoms with Gasteiger partial charge in [0.25, 0.3) is 5.92 Å². The molecule has 0 saturated heterocycles. The zero-order valence-corrected chi connectivity index (χ0v) is 9.91. The van der Waals surface area contributed by atoms with Crippen molar-refractivity contribution in [3.05, 3.63) is 60.0 Å². The molecule has 0 fully saturated rings. The van der Waals surface area contributed by atoms with E-state index in [4.69, 9.17) is 10.2 Å². The average molecular weight is 255 g/mol. The minimum atomic E-state index is -1.45. The van der Waals surface area contributed by atoms with Crippen molar-refractivity contribution in [2.24, 2.45) is 0 Å². The maximum absolute atomic E-state index is 10.8. The molecule has 0 aliphatic heterocycles. The first-order valence-corrected chi connectivity index (χ1v) is 5.59. The first-order chi connectivity index (χ1) is 9.09. The number of carboxylic acids is 2. The Bertz CT molecular complexity index is 639. The summed E-state index contributed by atoms with van der Waals surface area (Å²) < 4.78 is 0. The summed E-state index contributed by atoms with van der Waals surface area (Å²) in [6, 6.07) is 13.2. The first-order valence-electron chi connectivity index (χ1n) is 5.59. The Morgan fingerprint density at radius 1 is 0.947 bits per heavy atom. The maximum atomic E-state index is 10.8. The molecule has 2 aromatic carbocycles. The second-order valence-electron chi connectivity index (χ2n) is 3.93. The van der Waals surface area contributed by atoms with Gasteiger partial charge in [-0.25, -0.2) is 9.59 Å². The molecule has 19 heavy (non-hydrogen) atoms. The minimum absolute atomic E-state index is 0.659. The molecule has 0 aliphatic carbocycles. The fourth-order valence-electron chi connectivity index (χ4n) is 1.80. The van der Waals surface area contributed by atoms with E-state index in [2.05, 4.69) is 0 Å². The summed E-state index contributed by atoms with van der Waals surface area (Å²) in [5.41, 5.74) is 0.776. The van der Waals surface area contributed by atoms with Crippen LogP contribution in [-0.4, -0.2) is 22.2 Å². The van der Waals surface area contributed by atoms with Crippen LogP contribution >= 0.6 is 0 Å². The second kappa shape index (κ2) is 5.27. The number of carboxylic acid groups (broad SMARTS) is 2. The highest BCUT2D eigenvalue weighted by molar-refractivity contribution is 6.11. The van der Waals surface area contributed by atoms with Crippen LogP contribution in [0.5, 0.6) is 0 Å². The van der Waals surface area contributed by atoms with Crippen molar-refractivity contribution in [1.29, 1.82) is 0 Å². The van der Waals surface area contributed by atoms with E-state index in [0.29, 0.717) is 0 Å². The van der Waals surface area contributed by atoms with Crippen molar-refractivity contribution in [2.45, 2.75) is 0 Å². The quantitative estimate of drug-likeness (QED) is 0.650. The average Bonchev–Trinajstić information content (AvgIpc) is 2.38. The van der Waals surface area contributed by atoms with Crippen molar-refractivity contribution in [3.8, 4) is 0 Å². The number of hydrogen-bond acceptors (Lipinski definition) is 2. The number of aliphatic carboxylic acids is 2. The van der Waals surface area contributed by atoms with Gasteiger partial charge in [-0.15, -0.1) is 0 Å². The molecule has 4 nitrogen and oxygen atoms in total. The molecule has 4 heteroatoms. The standard InChI is InChI=1S/C15H10O4/c16-14(17)13(15(18)19)9-8-11-6-3-5-10-4-1-2-7-12(10)11/h1-9H,(H-,16,17,18,19)/p+1/b9-8+. The Morgan fingerprint density at radius 2 is 1.58 bits per heavy atom. The molecule has 0 aliphatic rings. The predicted molar refractivity (Wildman–Crippen MR) is 71.5 cm³/mol. The van der Waals surface area contributed by atoms with Crippen LogP contribution < -0.4 is 0 Å². The summed E-state index contributed by atoms with van der Waals surface area (Å²) in [7, 11) is 0. The summed E-state index contributed by atoms with van der Waals surface area (Å²) in [5.74, 6) is -3.57. The lowest BCUT2D eigenvalue weighted by molar-refractivity contribution is -0.142. The van der Waals surface area contributed by atoms with Crippen molar-refractivity contribution in [3.63, 3.8) is 0 Å². The third-order valence-corrected chi connectivity index (χ3v) is 2.71. The monoisotopic (exact) mass is 255 g/mol. The molecule has 2 rings (SSSR count). The highest BCUT2D eigenvalue weighted by atomic mass is 16.4. The molecular formula is C15H11O4+. The Hall–Kier alpha value is -2.75. The number of carbonyl (C=O) groups is 2. The number of hydrogen-bond donors (Lipinski definition) is 2. The van der Waals surface area contributed by atoms with Gasteiger partial charge in [0, 0.05) is 5.39 Å². The topological polar surface area (TPSA) is 74.6 Å². The molecule has 0 spiro atoms. The van der Waals surface area contributed by atoms with E-state index in [0.717, 1.165) is 22.4 Å². The van der Waals surface area contributed by atoms with Gasteiger partial charge < -0.3 is 10.2 Å². The molecule has 0 heterocycles. The summed E-state index contributed by atoms with van der Waals surface area (Å²) in [6.45, 7) is 0. The molecule has 2 aromatic rings. The molecule has 0 unspecified atom stereocenters. The summed E-state index contributed by atoms with van der Waals surface area (Å²) in [4.78, 5) is 21.5. The first kappa shape index (κ1) is 12.7. The lowest BCUT2D eigenvalue weighted by Crippen LogP contribution is -2.18. The van der Waals surface area contributed by atoms with Crippen LogP contribution in [0, 0.1) is 5.92 Å². The Balaban J connectivity index is 2.40. The zero-order chi connectivity index (χ0) is 13.8. The highest BCUT2D eigenvalue weighted by Gasteiger charge is 2.32. The minimum Gasteiger partial charge on any atom is -0.462 e. The van der Waals surface area contributed by atoms with E-state index in [-0.39, 0.29) is 0 Å². The lowest BCUT2D eigenvalue weighted by Gasteiger charge is -1.98. The van der Waals surface area contributed by atoms with Gasteiger partial charge in [0.05, 0.1) is 11.6 Å². The van der Waals surface area contributed by atoms with Crippen LogP contribution in [0.4, 0.5) is 0 Å². The molecule has 2 N–H and O–H groups in total. The third kappa shape index (κ3) is 2.74. The van der Waals surface area contributed by atoms with Gasteiger partial charge in [-0.3, -0.25) is 0 Å². The van der Waals surface area contributed by atoms with Gasteiger partial charge in [-0.2, -0.15) is 0 Å². The summed E-state index contributed by atoms with van der Waals surface area (Å²) in [6.07, 6.45) is 2.60. The molecule has 0 amide bonds. The summed E-state index contributed by atoms with van der Waals surface area (Å²) in [5, 5.41) is 19.5. The van der Waals surface area contributed by atoms with Crippen LogP contribution in [0.25, 0.3) is 16.8 Å². The largest absolute Gasteiger partial charge is 0.462 e. The van der Waals surface area contributed by atoms with Gasteiger partial charge in [-0.05, 0) is 11.5 Å². The van der Waals surface area contributed by atoms with E-state index in [1.807, 2.05) is 36.4 Å². The lowest BCUT2D eigenvalue weighted by atomic mass is 10.0. The van der Waals surface area contributed by atoms with Crippen LogP contribution in [0.2, 0.25) is 0 Å². The fraction of sp³-hybridized carbons (Fsp3) is 0. The van der Waals surface area contributed by atoms with Gasteiger partial charge in [0.2, 0.25) is 0 Å². The van der Waals surface area contributed by atoms with Gasteiger partial charge in [0.15, 0.2) is 0 Å². The van der Waals surface area contributed by atoms with Gasteiger partial charge >= 0.3 is 11.9 Å². The molecule has 0 aromatic heterocycles. The van der Waals surface area contributed by atoms with E-state index in [9.17, 15) is 9.59 Å². The Kier molecular flexibility index (Phi) is 3.52. The fourth-order valence-corrected chi connectivity index (χ4v) is 1.80. The van der Waals surface area contributed by atoms with Crippen molar-refractivity contribution in [1.82, 2.24) is 0 Å². The van der Waals surface area contributed by atoms with Crippen molar-refractivity contribution >= 4 is 28.8 Å². The Morgan fingerprint density at radius 3 is 2.26 bits per heavy atom. The molecular weight excluding hydrogens is 244 g/mol. The molecule has 0 radical (unpaired) electrons. The second-order valence-corrected chi connectivity index (χ2v) is 3.93. The molecule has 0 bridgehead atoms. The highest BCUT2D eigenvalue weighted by Crippen LogP contribution is 2.20. The SMILES string of the molecule is O=C(O)[C+](/C=C/c1cccc2ccccc12)C(=O)O. The van der Waals surface area contributed by atoms with E-state index in [1.54, 1.807) is 6.07 Å². The number of rotatable bonds is 4. The van der Waals surface area contributed by atoms with Gasteiger partial charge in [-0.1, -0.05) is 36.4 Å². The van der Waals surface area contributed by atoms with E-state index >= 15 is 0 Å². The van der Waals surface area contributed by atoms with Crippen LogP contribution in [-0.2, 0) is 9.59 Å². The van der Waals surface area contributed by atoms with Crippen LogP contribution in [0.15, 0.2) is 48.5 Å². The third-order valence-electron chi connectivity index (χ3n) is 2.71. The van der Waals surface area contributed by atoms with Crippen LogP contribution in [0.3, 0.4) is 0 Å². The maximum Gasteiger partial charge on any atom is 0.429 e. The van der Waals surface area contributed by atoms with E-state index < -0.39 is 17.9 Å². The molecule has 0 saturated carbocycles. The van der Waals surface area contributed by atoms with Crippen LogP contribution in [0.1, 0.15) is 5.56 Å².